The van der Waals surface area contributed by atoms with Crippen LogP contribution in [0.25, 0.3) is 0 Å². The standard InChI is InChI=1S/C16H25N3O2/c1-4-5-6-15(20)18-16-12(2)11-14(17-13(16)3)19-7-9-21-10-8-19/h11H,4-10H2,1-3H3,(H,18,20). The molecule has 0 aromatic carbocycles. The van der Waals surface area contributed by atoms with Gasteiger partial charge in [-0.25, -0.2) is 4.98 Å². The minimum atomic E-state index is 0.0731. The van der Waals surface area contributed by atoms with Crippen molar-refractivity contribution in [1.82, 2.24) is 4.98 Å². The molecule has 1 fully saturated rings. The van der Waals surface area contributed by atoms with Gasteiger partial charge in [0.15, 0.2) is 0 Å². The maximum atomic E-state index is 11.9. The summed E-state index contributed by atoms with van der Waals surface area (Å²) in [5, 5.41) is 3.00. The highest BCUT2D eigenvalue weighted by atomic mass is 16.5. The van der Waals surface area contributed by atoms with E-state index < -0.39 is 0 Å². The van der Waals surface area contributed by atoms with Crippen LogP contribution in [-0.4, -0.2) is 37.2 Å². The van der Waals surface area contributed by atoms with Crippen LogP contribution in [0.4, 0.5) is 11.5 Å². The van der Waals surface area contributed by atoms with Gasteiger partial charge in [0.25, 0.3) is 0 Å². The lowest BCUT2D eigenvalue weighted by atomic mass is 10.1. The van der Waals surface area contributed by atoms with Crippen LogP contribution in [-0.2, 0) is 9.53 Å². The number of aromatic nitrogens is 1. The summed E-state index contributed by atoms with van der Waals surface area (Å²) in [4.78, 5) is 18.8. The Kier molecular flexibility index (Phi) is 5.56. The molecule has 116 valence electrons. The number of nitrogens with zero attached hydrogens (tertiary/aromatic N) is 2. The topological polar surface area (TPSA) is 54.5 Å². The smallest absolute Gasteiger partial charge is 0.224 e. The average Bonchev–Trinajstić information content (AvgIpc) is 2.49. The number of hydrogen-bond donors (Lipinski definition) is 1. The number of pyridine rings is 1. The molecule has 1 aliphatic heterocycles. The van der Waals surface area contributed by atoms with E-state index >= 15 is 0 Å². The Balaban J connectivity index is 2.11. The molecule has 5 nitrogen and oxygen atoms in total. The molecular formula is C16H25N3O2. The SMILES string of the molecule is CCCCC(=O)Nc1c(C)cc(N2CCOCC2)nc1C. The van der Waals surface area contributed by atoms with E-state index in [0.717, 1.165) is 61.9 Å². The van der Waals surface area contributed by atoms with E-state index in [0.29, 0.717) is 6.42 Å². The van der Waals surface area contributed by atoms with Crippen LogP contribution in [0, 0.1) is 13.8 Å². The van der Waals surface area contributed by atoms with Crippen molar-refractivity contribution < 1.29 is 9.53 Å². The monoisotopic (exact) mass is 291 g/mol. The highest BCUT2D eigenvalue weighted by Gasteiger charge is 2.16. The molecule has 1 aliphatic rings. The first-order valence-corrected chi connectivity index (χ1v) is 7.72. The van der Waals surface area contributed by atoms with Gasteiger partial charge in [-0.05, 0) is 31.9 Å². The van der Waals surface area contributed by atoms with Crippen molar-refractivity contribution in [3.8, 4) is 0 Å². The number of carbonyl (C=O) groups is 1. The van der Waals surface area contributed by atoms with Gasteiger partial charge in [0.05, 0.1) is 24.6 Å². The first kappa shape index (κ1) is 15.8. The zero-order chi connectivity index (χ0) is 15.2. The fourth-order valence-electron chi connectivity index (χ4n) is 2.49. The van der Waals surface area contributed by atoms with Crippen LogP contribution in [0.3, 0.4) is 0 Å². The second kappa shape index (κ2) is 7.41. The quantitative estimate of drug-likeness (QED) is 0.906. The van der Waals surface area contributed by atoms with Crippen LogP contribution in [0.15, 0.2) is 6.07 Å². The summed E-state index contributed by atoms with van der Waals surface area (Å²) >= 11 is 0. The van der Waals surface area contributed by atoms with Crippen molar-refractivity contribution in [1.29, 1.82) is 0 Å². The van der Waals surface area contributed by atoms with Crippen molar-refractivity contribution in [3.05, 3.63) is 17.3 Å². The fraction of sp³-hybridized carbons (Fsp3) is 0.625. The van der Waals surface area contributed by atoms with Crippen LogP contribution in [0.5, 0.6) is 0 Å². The lowest BCUT2D eigenvalue weighted by Crippen LogP contribution is -2.37. The molecule has 2 rings (SSSR count). The molecule has 0 bridgehead atoms. The number of anilines is 2. The molecule has 0 spiro atoms. The largest absolute Gasteiger partial charge is 0.378 e. The molecule has 0 aliphatic carbocycles. The first-order chi connectivity index (χ1) is 10.1. The number of nitrogens with one attached hydrogen (secondary N) is 1. The van der Waals surface area contributed by atoms with E-state index in [2.05, 4.69) is 22.1 Å². The van der Waals surface area contributed by atoms with Crippen LogP contribution < -0.4 is 10.2 Å². The third-order valence-corrected chi connectivity index (χ3v) is 3.74. The molecule has 2 heterocycles. The molecule has 0 radical (unpaired) electrons. The zero-order valence-electron chi connectivity index (χ0n) is 13.2. The number of ether oxygens (including phenoxy) is 1. The molecule has 1 aromatic rings. The van der Waals surface area contributed by atoms with Crippen molar-refractivity contribution in [2.75, 3.05) is 36.5 Å². The Labute approximate surface area is 126 Å². The molecule has 1 aromatic heterocycles. The molecule has 5 heteroatoms. The molecule has 21 heavy (non-hydrogen) atoms. The second-order valence-corrected chi connectivity index (χ2v) is 5.51. The minimum Gasteiger partial charge on any atom is -0.378 e. The molecule has 0 unspecified atom stereocenters. The maximum absolute atomic E-state index is 11.9. The molecule has 1 saturated heterocycles. The Bertz CT molecular complexity index is 473. The van der Waals surface area contributed by atoms with Crippen LogP contribution >= 0.6 is 0 Å². The van der Waals surface area contributed by atoms with Gasteiger partial charge in [0.1, 0.15) is 5.82 Å². The molecular weight excluding hydrogens is 266 g/mol. The van der Waals surface area contributed by atoms with E-state index in [9.17, 15) is 4.79 Å². The lowest BCUT2D eigenvalue weighted by Gasteiger charge is -2.28. The highest BCUT2D eigenvalue weighted by molar-refractivity contribution is 5.92. The van der Waals surface area contributed by atoms with Gasteiger partial charge in [-0.3, -0.25) is 4.79 Å². The molecule has 0 atom stereocenters. The number of rotatable bonds is 5. The van der Waals surface area contributed by atoms with Crippen molar-refractivity contribution >= 4 is 17.4 Å². The van der Waals surface area contributed by atoms with Crippen LogP contribution in [0.1, 0.15) is 37.4 Å². The summed E-state index contributed by atoms with van der Waals surface area (Å²) in [6.45, 7) is 9.29. The first-order valence-electron chi connectivity index (χ1n) is 7.72. The maximum Gasteiger partial charge on any atom is 0.224 e. The number of morpholine rings is 1. The van der Waals surface area contributed by atoms with E-state index in [1.165, 1.54) is 0 Å². The molecule has 1 N–H and O–H groups in total. The molecule has 0 saturated carbocycles. The third kappa shape index (κ3) is 4.17. The van der Waals surface area contributed by atoms with E-state index in [1.54, 1.807) is 0 Å². The van der Waals surface area contributed by atoms with Gasteiger partial charge in [-0.15, -0.1) is 0 Å². The van der Waals surface area contributed by atoms with Gasteiger partial charge in [0, 0.05) is 19.5 Å². The third-order valence-electron chi connectivity index (χ3n) is 3.74. The summed E-state index contributed by atoms with van der Waals surface area (Å²) in [6, 6.07) is 2.05. The van der Waals surface area contributed by atoms with Gasteiger partial charge in [-0.1, -0.05) is 13.3 Å². The number of amides is 1. The summed E-state index contributed by atoms with van der Waals surface area (Å²) in [7, 11) is 0. The lowest BCUT2D eigenvalue weighted by molar-refractivity contribution is -0.116. The zero-order valence-corrected chi connectivity index (χ0v) is 13.2. The Morgan fingerprint density at radius 3 is 2.71 bits per heavy atom. The van der Waals surface area contributed by atoms with Crippen molar-refractivity contribution in [2.24, 2.45) is 0 Å². The van der Waals surface area contributed by atoms with Gasteiger partial charge >= 0.3 is 0 Å². The second-order valence-electron chi connectivity index (χ2n) is 5.51. The highest BCUT2D eigenvalue weighted by Crippen LogP contribution is 2.24. The van der Waals surface area contributed by atoms with Gasteiger partial charge in [-0.2, -0.15) is 0 Å². The number of carbonyl (C=O) groups excluding carboxylic acids is 1. The summed E-state index contributed by atoms with van der Waals surface area (Å²) in [5.74, 6) is 1.05. The Morgan fingerprint density at radius 1 is 1.38 bits per heavy atom. The average molecular weight is 291 g/mol. The summed E-state index contributed by atoms with van der Waals surface area (Å²) in [6.07, 6.45) is 2.52. The van der Waals surface area contributed by atoms with Gasteiger partial charge in [0.2, 0.25) is 5.91 Å². The predicted molar refractivity (Wildman–Crippen MR) is 84.9 cm³/mol. The summed E-state index contributed by atoms with van der Waals surface area (Å²) in [5.41, 5.74) is 2.79. The number of unbranched alkanes of at least 4 members (excludes halogenated alkanes) is 1. The molecule has 1 amide bonds. The van der Waals surface area contributed by atoms with Crippen molar-refractivity contribution in [3.63, 3.8) is 0 Å². The normalized spacial score (nSPS) is 15.1. The minimum absolute atomic E-state index is 0.0731. The summed E-state index contributed by atoms with van der Waals surface area (Å²) < 4.78 is 5.37. The Hall–Kier alpha value is -1.62. The van der Waals surface area contributed by atoms with Crippen molar-refractivity contribution in [2.45, 2.75) is 40.0 Å². The number of hydrogen-bond acceptors (Lipinski definition) is 4. The van der Waals surface area contributed by atoms with Crippen LogP contribution in [0.2, 0.25) is 0 Å². The fourth-order valence-corrected chi connectivity index (χ4v) is 2.49. The predicted octanol–water partition coefficient (Wildman–Crippen LogP) is 2.66. The van der Waals surface area contributed by atoms with Gasteiger partial charge < -0.3 is 15.0 Å². The number of aryl methyl sites for hydroxylation is 2. The van der Waals surface area contributed by atoms with E-state index in [1.807, 2.05) is 19.9 Å². The Morgan fingerprint density at radius 2 is 2.10 bits per heavy atom. The van der Waals surface area contributed by atoms with E-state index in [-0.39, 0.29) is 5.91 Å². The van der Waals surface area contributed by atoms with E-state index in [4.69, 9.17) is 4.74 Å².